The Morgan fingerprint density at radius 1 is 1.14 bits per heavy atom. The molecule has 0 saturated carbocycles. The van der Waals surface area contributed by atoms with Crippen molar-refractivity contribution in [1.29, 1.82) is 0 Å². The molecular formula is C19H27ClN4O2S2. The molecular weight excluding hydrogens is 416 g/mol. The van der Waals surface area contributed by atoms with Crippen LogP contribution >= 0.6 is 23.4 Å². The van der Waals surface area contributed by atoms with Crippen molar-refractivity contribution in [3.63, 3.8) is 0 Å². The van der Waals surface area contributed by atoms with Crippen LogP contribution in [0.2, 0.25) is 5.15 Å². The molecule has 1 aromatic heterocycles. The molecule has 0 atom stereocenters. The maximum Gasteiger partial charge on any atom is 0.282 e. The molecule has 1 saturated heterocycles. The summed E-state index contributed by atoms with van der Waals surface area (Å²) in [7, 11) is -3.36. The normalized spacial score (nSPS) is 16.9. The average Bonchev–Trinajstić information content (AvgIpc) is 2.69. The molecule has 1 aliphatic heterocycles. The number of fused-ring (bicyclic) bond motifs is 1. The fourth-order valence-corrected chi connectivity index (χ4v) is 5.72. The highest BCUT2D eigenvalue weighted by molar-refractivity contribution is 7.98. The van der Waals surface area contributed by atoms with E-state index in [2.05, 4.69) is 28.1 Å². The highest BCUT2D eigenvalue weighted by atomic mass is 35.5. The Morgan fingerprint density at radius 2 is 1.82 bits per heavy atom. The lowest BCUT2D eigenvalue weighted by molar-refractivity contribution is 0.175. The number of rotatable bonds is 7. The van der Waals surface area contributed by atoms with E-state index >= 15 is 0 Å². The molecule has 6 nitrogen and oxygen atoms in total. The standard InChI is InChI=1S/C19H27ClN4O2S2/c1-4-23(5-2)28(25,26)24-10-8-22(9-11-24)14-16-12-15-6-7-17(27-3)13-18(15)21-19(16)20/h6-7,12-13H,4-5,8-11,14H2,1-3H3. The van der Waals surface area contributed by atoms with Gasteiger partial charge in [0.2, 0.25) is 0 Å². The smallest absolute Gasteiger partial charge is 0.282 e. The SMILES string of the molecule is CCN(CC)S(=O)(=O)N1CCN(Cc2cc3ccc(SC)cc3nc2Cl)CC1. The van der Waals surface area contributed by atoms with Crippen LogP contribution in [-0.2, 0) is 16.8 Å². The Labute approximate surface area is 177 Å². The molecule has 28 heavy (non-hydrogen) atoms. The third kappa shape index (κ3) is 4.63. The molecule has 2 aromatic rings. The zero-order valence-corrected chi connectivity index (χ0v) is 18.9. The number of thioether (sulfide) groups is 1. The predicted octanol–water partition coefficient (Wildman–Crippen LogP) is 3.31. The fourth-order valence-electron chi connectivity index (χ4n) is 3.48. The number of piperazine rings is 1. The van der Waals surface area contributed by atoms with Crippen molar-refractivity contribution in [2.75, 3.05) is 45.5 Å². The number of nitrogens with zero attached hydrogens (tertiary/aromatic N) is 4. The van der Waals surface area contributed by atoms with Gasteiger partial charge >= 0.3 is 0 Å². The van der Waals surface area contributed by atoms with E-state index in [4.69, 9.17) is 11.6 Å². The summed E-state index contributed by atoms with van der Waals surface area (Å²) in [5.74, 6) is 0. The Kier molecular flexibility index (Phi) is 7.22. The van der Waals surface area contributed by atoms with Gasteiger partial charge in [0.05, 0.1) is 5.52 Å². The van der Waals surface area contributed by atoms with E-state index in [0.717, 1.165) is 21.4 Å². The first kappa shape index (κ1) is 21.8. The molecule has 0 unspecified atom stereocenters. The second kappa shape index (κ2) is 9.28. The molecule has 3 rings (SSSR count). The first-order chi connectivity index (χ1) is 13.4. The van der Waals surface area contributed by atoms with E-state index < -0.39 is 10.2 Å². The largest absolute Gasteiger partial charge is 0.296 e. The molecule has 0 bridgehead atoms. The Hall–Kier alpha value is -0.900. The zero-order valence-electron chi connectivity index (χ0n) is 16.6. The second-order valence-electron chi connectivity index (χ2n) is 6.76. The molecule has 1 fully saturated rings. The van der Waals surface area contributed by atoms with E-state index in [1.165, 1.54) is 4.31 Å². The molecule has 1 aliphatic rings. The summed E-state index contributed by atoms with van der Waals surface area (Å²) in [6, 6.07) is 8.30. The lowest BCUT2D eigenvalue weighted by atomic mass is 10.1. The molecule has 0 spiro atoms. The van der Waals surface area contributed by atoms with Crippen LogP contribution in [0.1, 0.15) is 19.4 Å². The van der Waals surface area contributed by atoms with Crippen LogP contribution in [0.5, 0.6) is 0 Å². The van der Waals surface area contributed by atoms with Gasteiger partial charge in [0.1, 0.15) is 5.15 Å². The maximum absolute atomic E-state index is 12.7. The van der Waals surface area contributed by atoms with Crippen LogP contribution in [0, 0.1) is 0 Å². The minimum Gasteiger partial charge on any atom is -0.296 e. The van der Waals surface area contributed by atoms with Crippen LogP contribution < -0.4 is 0 Å². The number of pyridine rings is 1. The minimum absolute atomic E-state index is 0.495. The summed E-state index contributed by atoms with van der Waals surface area (Å²) in [6.45, 7) is 7.75. The van der Waals surface area contributed by atoms with E-state index in [0.29, 0.717) is 51.0 Å². The Bertz CT molecular complexity index is 927. The number of hydrogen-bond acceptors (Lipinski definition) is 5. The third-order valence-electron chi connectivity index (χ3n) is 5.13. The highest BCUT2D eigenvalue weighted by Crippen LogP contribution is 2.26. The van der Waals surface area contributed by atoms with Gasteiger partial charge in [0.25, 0.3) is 10.2 Å². The van der Waals surface area contributed by atoms with E-state index in [-0.39, 0.29) is 0 Å². The Balaban J connectivity index is 1.68. The number of aromatic nitrogens is 1. The van der Waals surface area contributed by atoms with Crippen molar-refractivity contribution >= 4 is 44.5 Å². The molecule has 9 heteroatoms. The van der Waals surface area contributed by atoms with Crippen molar-refractivity contribution < 1.29 is 8.42 Å². The number of benzene rings is 1. The highest BCUT2D eigenvalue weighted by Gasteiger charge is 2.30. The van der Waals surface area contributed by atoms with Crippen molar-refractivity contribution in [1.82, 2.24) is 18.5 Å². The Morgan fingerprint density at radius 3 is 2.43 bits per heavy atom. The van der Waals surface area contributed by atoms with Crippen molar-refractivity contribution in [2.24, 2.45) is 0 Å². The molecule has 154 valence electrons. The maximum atomic E-state index is 12.7. The van der Waals surface area contributed by atoms with Crippen LogP contribution in [-0.4, -0.2) is 72.4 Å². The number of halogens is 1. The van der Waals surface area contributed by atoms with Gasteiger partial charge in [-0.15, -0.1) is 11.8 Å². The van der Waals surface area contributed by atoms with Crippen LogP contribution in [0.25, 0.3) is 10.9 Å². The average molecular weight is 443 g/mol. The first-order valence-electron chi connectivity index (χ1n) is 9.49. The van der Waals surface area contributed by atoms with E-state index in [1.807, 2.05) is 26.2 Å². The summed E-state index contributed by atoms with van der Waals surface area (Å²) in [4.78, 5) is 7.96. The molecule has 0 aliphatic carbocycles. The van der Waals surface area contributed by atoms with Gasteiger partial charge in [-0.05, 0) is 24.5 Å². The van der Waals surface area contributed by atoms with Gasteiger partial charge in [0.15, 0.2) is 0 Å². The molecule has 2 heterocycles. The van der Waals surface area contributed by atoms with Crippen molar-refractivity contribution in [3.05, 3.63) is 35.0 Å². The van der Waals surface area contributed by atoms with E-state index in [9.17, 15) is 8.42 Å². The first-order valence-corrected chi connectivity index (χ1v) is 12.5. The van der Waals surface area contributed by atoms with Gasteiger partial charge in [0, 0.05) is 61.7 Å². The lowest BCUT2D eigenvalue weighted by Gasteiger charge is -2.36. The van der Waals surface area contributed by atoms with Crippen molar-refractivity contribution in [2.45, 2.75) is 25.3 Å². The summed E-state index contributed by atoms with van der Waals surface area (Å²) < 4.78 is 28.4. The number of hydrogen-bond donors (Lipinski definition) is 0. The predicted molar refractivity (Wildman–Crippen MR) is 117 cm³/mol. The topological polar surface area (TPSA) is 56.8 Å². The summed E-state index contributed by atoms with van der Waals surface area (Å²) in [5.41, 5.74) is 1.88. The zero-order chi connectivity index (χ0) is 20.3. The van der Waals surface area contributed by atoms with Crippen LogP contribution in [0.15, 0.2) is 29.2 Å². The molecule has 0 radical (unpaired) electrons. The van der Waals surface area contributed by atoms with Gasteiger partial charge in [-0.25, -0.2) is 4.98 Å². The third-order valence-corrected chi connectivity index (χ3v) is 8.37. The van der Waals surface area contributed by atoms with Gasteiger partial charge < -0.3 is 0 Å². The summed E-state index contributed by atoms with van der Waals surface area (Å²) >= 11 is 8.12. The quantitative estimate of drug-likeness (QED) is 0.486. The molecule has 1 aromatic carbocycles. The summed E-state index contributed by atoms with van der Waals surface area (Å²) in [5, 5.41) is 1.59. The fraction of sp³-hybridized carbons (Fsp3) is 0.526. The minimum atomic E-state index is -3.36. The molecule has 0 N–H and O–H groups in total. The van der Waals surface area contributed by atoms with Crippen LogP contribution in [0.3, 0.4) is 0 Å². The second-order valence-corrected chi connectivity index (χ2v) is 9.93. The van der Waals surface area contributed by atoms with E-state index in [1.54, 1.807) is 16.1 Å². The molecule has 0 amide bonds. The van der Waals surface area contributed by atoms with Crippen LogP contribution in [0.4, 0.5) is 0 Å². The van der Waals surface area contributed by atoms with Gasteiger partial charge in [-0.2, -0.15) is 17.0 Å². The monoisotopic (exact) mass is 442 g/mol. The van der Waals surface area contributed by atoms with Gasteiger partial charge in [-0.3, -0.25) is 4.90 Å². The lowest BCUT2D eigenvalue weighted by Crippen LogP contribution is -2.52. The van der Waals surface area contributed by atoms with Crippen molar-refractivity contribution in [3.8, 4) is 0 Å². The summed E-state index contributed by atoms with van der Waals surface area (Å²) in [6.07, 6.45) is 2.04. The van der Waals surface area contributed by atoms with Gasteiger partial charge in [-0.1, -0.05) is 31.5 Å².